The first-order valence-corrected chi connectivity index (χ1v) is 8.63. The van der Waals surface area contributed by atoms with E-state index in [4.69, 9.17) is 0 Å². The van der Waals surface area contributed by atoms with E-state index in [-0.39, 0.29) is 18.9 Å². The van der Waals surface area contributed by atoms with Crippen molar-refractivity contribution in [1.29, 1.82) is 0 Å². The molecule has 0 fully saturated rings. The van der Waals surface area contributed by atoms with Crippen molar-refractivity contribution in [3.8, 4) is 0 Å². The number of hydrogen-bond donors (Lipinski definition) is 2. The lowest BCUT2D eigenvalue weighted by atomic mass is 10.1. The van der Waals surface area contributed by atoms with Crippen molar-refractivity contribution in [3.63, 3.8) is 0 Å². The number of nitrogens with zero attached hydrogens (tertiary/aromatic N) is 1. The summed E-state index contributed by atoms with van der Waals surface area (Å²) in [5, 5.41) is 13.0. The summed E-state index contributed by atoms with van der Waals surface area (Å²) in [7, 11) is 0. The van der Waals surface area contributed by atoms with Crippen LogP contribution >= 0.6 is 15.9 Å². The highest BCUT2D eigenvalue weighted by atomic mass is 79.9. The third-order valence-corrected chi connectivity index (χ3v) is 4.68. The van der Waals surface area contributed by atoms with Gasteiger partial charge in [-0.1, -0.05) is 52.3 Å². The smallest absolute Gasteiger partial charge is 0.326 e. The number of carboxylic acid groups (broad SMARTS) is 1. The minimum atomic E-state index is -1.04. The predicted octanol–water partition coefficient (Wildman–Crippen LogP) is 3.22. The van der Waals surface area contributed by atoms with Gasteiger partial charge in [-0.15, -0.1) is 0 Å². The van der Waals surface area contributed by atoms with Crippen LogP contribution in [0.15, 0.2) is 65.3 Å². The average molecular weight is 401 g/mol. The van der Waals surface area contributed by atoms with E-state index < -0.39 is 12.0 Å². The number of aliphatic carboxylic acids is 1. The van der Waals surface area contributed by atoms with E-state index in [9.17, 15) is 14.7 Å². The van der Waals surface area contributed by atoms with Gasteiger partial charge in [0.1, 0.15) is 12.6 Å². The monoisotopic (exact) mass is 400 g/mol. The highest BCUT2D eigenvalue weighted by molar-refractivity contribution is 9.10. The van der Waals surface area contributed by atoms with E-state index in [0.717, 1.165) is 20.9 Å². The number of carbonyl (C=O) groups is 2. The molecular formula is C19H17BrN2O3. The van der Waals surface area contributed by atoms with Gasteiger partial charge in [0, 0.05) is 28.0 Å². The lowest BCUT2D eigenvalue weighted by Crippen LogP contribution is -2.43. The number of aromatic nitrogens is 1. The highest BCUT2D eigenvalue weighted by Gasteiger charge is 2.20. The van der Waals surface area contributed by atoms with Crippen LogP contribution in [0.4, 0.5) is 0 Å². The molecule has 0 radical (unpaired) electrons. The molecule has 1 aromatic heterocycles. The molecule has 1 heterocycles. The summed E-state index contributed by atoms with van der Waals surface area (Å²) >= 11 is 3.48. The molecule has 0 aliphatic carbocycles. The Morgan fingerprint density at radius 3 is 2.56 bits per heavy atom. The van der Waals surface area contributed by atoms with E-state index >= 15 is 0 Å². The van der Waals surface area contributed by atoms with Gasteiger partial charge in [0.2, 0.25) is 5.91 Å². The van der Waals surface area contributed by atoms with Gasteiger partial charge in [-0.3, -0.25) is 4.79 Å². The first-order chi connectivity index (χ1) is 12.0. The molecule has 0 aliphatic rings. The topological polar surface area (TPSA) is 71.3 Å². The minimum absolute atomic E-state index is 0.0680. The van der Waals surface area contributed by atoms with Crippen molar-refractivity contribution in [2.24, 2.45) is 0 Å². The van der Waals surface area contributed by atoms with Crippen LogP contribution in [0, 0.1) is 0 Å². The largest absolute Gasteiger partial charge is 0.480 e. The molecule has 1 amide bonds. The maximum Gasteiger partial charge on any atom is 0.326 e. The van der Waals surface area contributed by atoms with Gasteiger partial charge < -0.3 is 15.0 Å². The Balaban J connectivity index is 1.71. The van der Waals surface area contributed by atoms with Crippen LogP contribution < -0.4 is 5.32 Å². The van der Waals surface area contributed by atoms with Gasteiger partial charge in [-0.05, 0) is 23.8 Å². The minimum Gasteiger partial charge on any atom is -0.480 e. The molecule has 128 valence electrons. The molecule has 2 aromatic carbocycles. The van der Waals surface area contributed by atoms with Gasteiger partial charge >= 0.3 is 5.97 Å². The normalized spacial score (nSPS) is 12.0. The number of rotatable bonds is 6. The van der Waals surface area contributed by atoms with E-state index in [0.29, 0.717) is 0 Å². The van der Waals surface area contributed by atoms with E-state index in [1.54, 1.807) is 4.57 Å². The molecule has 2 N–H and O–H groups in total. The summed E-state index contributed by atoms with van der Waals surface area (Å²) in [6.45, 7) is 0.0680. The first kappa shape index (κ1) is 17.2. The molecule has 3 aromatic rings. The van der Waals surface area contributed by atoms with Crippen molar-refractivity contribution in [1.82, 2.24) is 9.88 Å². The molecule has 0 bridgehead atoms. The summed E-state index contributed by atoms with van der Waals surface area (Å²) in [5.74, 6) is -1.38. The zero-order valence-corrected chi connectivity index (χ0v) is 14.9. The van der Waals surface area contributed by atoms with Crippen molar-refractivity contribution < 1.29 is 14.7 Å². The zero-order valence-electron chi connectivity index (χ0n) is 13.4. The van der Waals surface area contributed by atoms with Gasteiger partial charge in [0.15, 0.2) is 0 Å². The van der Waals surface area contributed by atoms with Crippen molar-refractivity contribution in [2.45, 2.75) is 19.0 Å². The van der Waals surface area contributed by atoms with Crippen LogP contribution in [0.1, 0.15) is 5.56 Å². The number of benzene rings is 2. The van der Waals surface area contributed by atoms with E-state index in [1.807, 2.05) is 60.8 Å². The number of nitrogens with one attached hydrogen (secondary N) is 1. The Kier molecular flexibility index (Phi) is 5.19. The van der Waals surface area contributed by atoms with Crippen molar-refractivity contribution in [2.75, 3.05) is 0 Å². The molecule has 0 spiro atoms. The Morgan fingerprint density at radius 1 is 1.08 bits per heavy atom. The summed E-state index contributed by atoms with van der Waals surface area (Å²) in [6, 6.07) is 16.0. The molecule has 0 saturated heterocycles. The van der Waals surface area contributed by atoms with E-state index in [2.05, 4.69) is 21.2 Å². The Bertz CT molecular complexity index is 905. The SMILES string of the molecule is O=C(Cn1ccc2c(Br)cccc21)N[C@@H](Cc1ccccc1)C(=O)O. The molecule has 5 nitrogen and oxygen atoms in total. The first-order valence-electron chi connectivity index (χ1n) is 7.84. The summed E-state index contributed by atoms with van der Waals surface area (Å²) < 4.78 is 2.76. The zero-order chi connectivity index (χ0) is 17.8. The van der Waals surface area contributed by atoms with Crippen LogP contribution in [0.25, 0.3) is 10.9 Å². The van der Waals surface area contributed by atoms with Crippen LogP contribution in [0.2, 0.25) is 0 Å². The average Bonchev–Trinajstić information content (AvgIpc) is 2.99. The second-order valence-corrected chi connectivity index (χ2v) is 6.62. The Morgan fingerprint density at radius 2 is 1.84 bits per heavy atom. The number of carboxylic acids is 1. The van der Waals surface area contributed by atoms with E-state index in [1.165, 1.54) is 0 Å². The summed E-state index contributed by atoms with van der Waals surface area (Å²) in [5.41, 5.74) is 1.78. The van der Waals surface area contributed by atoms with Gasteiger partial charge in [0.05, 0.1) is 0 Å². The molecule has 25 heavy (non-hydrogen) atoms. The second-order valence-electron chi connectivity index (χ2n) is 5.76. The Hall–Kier alpha value is -2.60. The molecule has 1 atom stereocenters. The quantitative estimate of drug-likeness (QED) is 0.667. The fraction of sp³-hybridized carbons (Fsp3) is 0.158. The van der Waals surface area contributed by atoms with Crippen LogP contribution in [0.3, 0.4) is 0 Å². The van der Waals surface area contributed by atoms with Crippen molar-refractivity contribution in [3.05, 3.63) is 70.8 Å². The maximum absolute atomic E-state index is 12.3. The summed E-state index contributed by atoms with van der Waals surface area (Å²) in [6.07, 6.45) is 2.07. The Labute approximate surface area is 153 Å². The van der Waals surface area contributed by atoms with Crippen LogP contribution in [-0.2, 0) is 22.6 Å². The number of hydrogen-bond acceptors (Lipinski definition) is 2. The molecule has 6 heteroatoms. The molecule has 3 rings (SSSR count). The number of halogens is 1. The predicted molar refractivity (Wildman–Crippen MR) is 99.4 cm³/mol. The highest BCUT2D eigenvalue weighted by Crippen LogP contribution is 2.24. The maximum atomic E-state index is 12.3. The third-order valence-electron chi connectivity index (χ3n) is 3.99. The fourth-order valence-electron chi connectivity index (χ4n) is 2.77. The standard InChI is InChI=1S/C19H17BrN2O3/c20-15-7-4-8-17-14(15)9-10-22(17)12-18(23)21-16(19(24)25)11-13-5-2-1-3-6-13/h1-10,16H,11-12H2,(H,21,23)(H,24,25)/t16-/m0/s1. The molecular weight excluding hydrogens is 384 g/mol. The second kappa shape index (κ2) is 7.53. The van der Waals surface area contributed by atoms with Crippen LogP contribution in [-0.4, -0.2) is 27.6 Å². The van der Waals surface area contributed by atoms with Gasteiger partial charge in [-0.2, -0.15) is 0 Å². The summed E-state index contributed by atoms with van der Waals surface area (Å²) in [4.78, 5) is 23.8. The number of carbonyl (C=O) groups excluding carboxylic acids is 1. The fourth-order valence-corrected chi connectivity index (χ4v) is 3.26. The van der Waals surface area contributed by atoms with Gasteiger partial charge in [-0.25, -0.2) is 4.79 Å². The molecule has 0 unspecified atom stereocenters. The third kappa shape index (κ3) is 4.09. The van der Waals surface area contributed by atoms with Crippen LogP contribution in [0.5, 0.6) is 0 Å². The lowest BCUT2D eigenvalue weighted by Gasteiger charge is -2.15. The molecule has 0 aliphatic heterocycles. The molecule has 0 saturated carbocycles. The van der Waals surface area contributed by atoms with Gasteiger partial charge in [0.25, 0.3) is 0 Å². The van der Waals surface area contributed by atoms with Crippen molar-refractivity contribution >= 4 is 38.7 Å². The number of fused-ring (bicyclic) bond motifs is 1. The number of amides is 1. The lowest BCUT2D eigenvalue weighted by molar-refractivity contribution is -0.141.